The first-order valence-corrected chi connectivity index (χ1v) is 6.87. The van der Waals surface area contributed by atoms with E-state index in [1.54, 1.807) is 0 Å². The Balaban J connectivity index is 1.93. The van der Waals surface area contributed by atoms with Gasteiger partial charge >= 0.3 is 6.18 Å². The third-order valence-corrected chi connectivity index (χ3v) is 3.38. The van der Waals surface area contributed by atoms with Crippen molar-refractivity contribution >= 4 is 0 Å². The fourth-order valence-corrected chi connectivity index (χ4v) is 2.04. The van der Waals surface area contributed by atoms with Gasteiger partial charge in [-0.1, -0.05) is 36.4 Å². The average molecular weight is 310 g/mol. The second-order valence-electron chi connectivity index (χ2n) is 5.03. The van der Waals surface area contributed by atoms with Gasteiger partial charge in [0.25, 0.3) is 0 Å². The predicted molar refractivity (Wildman–Crippen MR) is 77.1 cm³/mol. The molecule has 0 aliphatic carbocycles. The molecule has 1 aromatic heterocycles. The molecule has 0 radical (unpaired) electrons. The van der Waals surface area contributed by atoms with E-state index in [1.807, 2.05) is 37.3 Å². The number of hydrogen-bond acceptors (Lipinski definition) is 3. The number of hydrogen-bond donors (Lipinski definition) is 2. The first kappa shape index (κ1) is 16.5. The standard InChI is InChI=1S/C16H17F3N2O/c1-11(12-5-3-2-4-6-12)20-10-14(22)13-7-8-15(21-9-13)16(17,18)19/h2-9,11,14,20,22H,10H2,1H3/t11-,14+/m1/s1. The van der Waals surface area contributed by atoms with Crippen molar-refractivity contribution in [2.75, 3.05) is 6.54 Å². The molecule has 3 nitrogen and oxygen atoms in total. The molecule has 0 amide bonds. The van der Waals surface area contributed by atoms with Gasteiger partial charge in [0.1, 0.15) is 5.69 Å². The van der Waals surface area contributed by atoms with Crippen LogP contribution in [0.5, 0.6) is 0 Å². The van der Waals surface area contributed by atoms with Crippen LogP contribution in [0.2, 0.25) is 0 Å². The van der Waals surface area contributed by atoms with Crippen LogP contribution in [0.25, 0.3) is 0 Å². The Morgan fingerprint density at radius 1 is 1.09 bits per heavy atom. The van der Waals surface area contributed by atoms with E-state index >= 15 is 0 Å². The number of aliphatic hydroxyl groups excluding tert-OH is 1. The fraction of sp³-hybridized carbons (Fsp3) is 0.312. The quantitative estimate of drug-likeness (QED) is 0.888. The van der Waals surface area contributed by atoms with E-state index in [0.717, 1.165) is 17.8 Å². The summed E-state index contributed by atoms with van der Waals surface area (Å²) in [7, 11) is 0. The lowest BCUT2D eigenvalue weighted by Gasteiger charge is -2.18. The maximum absolute atomic E-state index is 12.4. The molecular weight excluding hydrogens is 293 g/mol. The molecule has 0 fully saturated rings. The maximum atomic E-state index is 12.4. The number of aliphatic hydroxyl groups is 1. The Labute approximate surface area is 126 Å². The number of halogens is 3. The molecule has 0 aliphatic heterocycles. The summed E-state index contributed by atoms with van der Waals surface area (Å²) < 4.78 is 37.3. The molecule has 2 atom stereocenters. The van der Waals surface area contributed by atoms with E-state index in [9.17, 15) is 18.3 Å². The molecule has 22 heavy (non-hydrogen) atoms. The Morgan fingerprint density at radius 3 is 2.32 bits per heavy atom. The molecule has 6 heteroatoms. The summed E-state index contributed by atoms with van der Waals surface area (Å²) in [6, 6.07) is 11.8. The van der Waals surface area contributed by atoms with Gasteiger partial charge in [0.15, 0.2) is 0 Å². The topological polar surface area (TPSA) is 45.1 Å². The van der Waals surface area contributed by atoms with Gasteiger partial charge in [-0.25, -0.2) is 0 Å². The Morgan fingerprint density at radius 2 is 1.77 bits per heavy atom. The van der Waals surface area contributed by atoms with Crippen LogP contribution in [-0.2, 0) is 6.18 Å². The van der Waals surface area contributed by atoms with Crippen LogP contribution in [0, 0.1) is 0 Å². The van der Waals surface area contributed by atoms with Crippen LogP contribution in [0.3, 0.4) is 0 Å². The molecule has 0 spiro atoms. The molecule has 2 rings (SSSR count). The van der Waals surface area contributed by atoms with E-state index in [1.165, 1.54) is 6.07 Å². The van der Waals surface area contributed by atoms with Crippen molar-refractivity contribution in [3.05, 3.63) is 65.5 Å². The summed E-state index contributed by atoms with van der Waals surface area (Å²) in [5.41, 5.74) is 0.454. The largest absolute Gasteiger partial charge is 0.433 e. The number of aromatic nitrogens is 1. The highest BCUT2D eigenvalue weighted by Crippen LogP contribution is 2.27. The summed E-state index contributed by atoms with van der Waals surface area (Å²) in [5.74, 6) is 0. The lowest BCUT2D eigenvalue weighted by atomic mass is 10.1. The summed E-state index contributed by atoms with van der Waals surface area (Å²) in [5, 5.41) is 13.2. The Kier molecular flexibility index (Phi) is 5.15. The van der Waals surface area contributed by atoms with E-state index in [-0.39, 0.29) is 12.6 Å². The molecule has 0 saturated heterocycles. The highest BCUT2D eigenvalue weighted by Gasteiger charge is 2.32. The zero-order valence-corrected chi connectivity index (χ0v) is 12.0. The molecule has 0 unspecified atom stereocenters. The second-order valence-corrected chi connectivity index (χ2v) is 5.03. The van der Waals surface area contributed by atoms with E-state index in [2.05, 4.69) is 10.3 Å². The number of alkyl halides is 3. The van der Waals surface area contributed by atoms with Crippen LogP contribution in [0.1, 0.15) is 35.9 Å². The molecule has 0 saturated carbocycles. The Bertz CT molecular complexity index is 585. The van der Waals surface area contributed by atoms with E-state index in [0.29, 0.717) is 5.56 Å². The maximum Gasteiger partial charge on any atom is 0.433 e. The van der Waals surface area contributed by atoms with Crippen molar-refractivity contribution in [1.82, 2.24) is 10.3 Å². The number of nitrogens with one attached hydrogen (secondary N) is 1. The second kappa shape index (κ2) is 6.89. The third-order valence-electron chi connectivity index (χ3n) is 3.38. The van der Waals surface area contributed by atoms with Gasteiger partial charge in [0.05, 0.1) is 6.10 Å². The van der Waals surface area contributed by atoms with Crippen LogP contribution in [-0.4, -0.2) is 16.6 Å². The molecule has 2 aromatic rings. The van der Waals surface area contributed by atoms with E-state index in [4.69, 9.17) is 0 Å². The summed E-state index contributed by atoms with van der Waals surface area (Å²) in [4.78, 5) is 3.34. The highest BCUT2D eigenvalue weighted by molar-refractivity contribution is 5.20. The molecule has 118 valence electrons. The monoisotopic (exact) mass is 310 g/mol. The van der Waals surface area contributed by atoms with Gasteiger partial charge in [-0.15, -0.1) is 0 Å². The number of rotatable bonds is 5. The van der Waals surface area contributed by atoms with Crippen LogP contribution >= 0.6 is 0 Å². The first-order chi connectivity index (χ1) is 10.4. The molecule has 0 bridgehead atoms. The van der Waals surface area contributed by atoms with Crippen LogP contribution < -0.4 is 5.32 Å². The van der Waals surface area contributed by atoms with Gasteiger partial charge in [-0.3, -0.25) is 4.98 Å². The van der Waals surface area contributed by atoms with Crippen molar-refractivity contribution in [3.63, 3.8) is 0 Å². The minimum absolute atomic E-state index is 0.0262. The van der Waals surface area contributed by atoms with Crippen molar-refractivity contribution < 1.29 is 18.3 Å². The zero-order valence-electron chi connectivity index (χ0n) is 12.0. The Hall–Kier alpha value is -1.92. The third kappa shape index (κ3) is 4.29. The van der Waals surface area contributed by atoms with Gasteiger partial charge < -0.3 is 10.4 Å². The number of nitrogens with zero attached hydrogens (tertiary/aromatic N) is 1. The molecule has 2 N–H and O–H groups in total. The smallest absolute Gasteiger partial charge is 0.387 e. The molecule has 0 aliphatic rings. The highest BCUT2D eigenvalue weighted by atomic mass is 19.4. The van der Waals surface area contributed by atoms with Crippen molar-refractivity contribution in [2.45, 2.75) is 25.2 Å². The molecule has 1 aromatic carbocycles. The van der Waals surface area contributed by atoms with Gasteiger partial charge in [-0.05, 0) is 18.6 Å². The summed E-state index contributed by atoms with van der Waals surface area (Å²) >= 11 is 0. The molecule has 1 heterocycles. The first-order valence-electron chi connectivity index (χ1n) is 6.87. The zero-order chi connectivity index (χ0) is 16.2. The van der Waals surface area contributed by atoms with Gasteiger partial charge in [-0.2, -0.15) is 13.2 Å². The lowest BCUT2D eigenvalue weighted by molar-refractivity contribution is -0.141. The predicted octanol–water partition coefficient (Wildman–Crippen LogP) is 3.48. The van der Waals surface area contributed by atoms with Crippen LogP contribution in [0.15, 0.2) is 48.7 Å². The van der Waals surface area contributed by atoms with Crippen molar-refractivity contribution in [3.8, 4) is 0 Å². The SMILES string of the molecule is C[C@@H](NC[C@H](O)c1ccc(C(F)(F)F)nc1)c1ccccc1. The average Bonchev–Trinajstić information content (AvgIpc) is 2.52. The minimum Gasteiger partial charge on any atom is -0.387 e. The number of benzene rings is 1. The minimum atomic E-state index is -4.47. The van der Waals surface area contributed by atoms with Crippen molar-refractivity contribution in [2.24, 2.45) is 0 Å². The van der Waals surface area contributed by atoms with Crippen LogP contribution in [0.4, 0.5) is 13.2 Å². The summed E-state index contributed by atoms with van der Waals surface area (Å²) in [6.07, 6.45) is -4.33. The van der Waals surface area contributed by atoms with E-state index < -0.39 is 18.0 Å². The fourth-order valence-electron chi connectivity index (χ4n) is 2.04. The van der Waals surface area contributed by atoms with Gasteiger partial charge in [0.2, 0.25) is 0 Å². The van der Waals surface area contributed by atoms with Crippen molar-refractivity contribution in [1.29, 1.82) is 0 Å². The normalized spacial score (nSPS) is 14.6. The number of pyridine rings is 1. The van der Waals surface area contributed by atoms with Gasteiger partial charge in [0, 0.05) is 24.3 Å². The lowest BCUT2D eigenvalue weighted by Crippen LogP contribution is -2.24. The molecular formula is C16H17F3N2O. The summed E-state index contributed by atoms with van der Waals surface area (Å²) in [6.45, 7) is 2.18.